The Bertz CT molecular complexity index is 939. The minimum atomic E-state index is 0.00274. The maximum Gasteiger partial charge on any atom is 0.261 e. The number of ether oxygens (including phenoxy) is 1. The van der Waals surface area contributed by atoms with Crippen LogP contribution in [0, 0.1) is 0 Å². The second-order valence-electron chi connectivity index (χ2n) is 6.36. The SMILES string of the molecule is Cn1c(CN2CCC(Oc3cccnc3)C2)nc2ccccc2c1=O. The summed E-state index contributed by atoms with van der Waals surface area (Å²) in [5, 5.41) is 0.660. The summed E-state index contributed by atoms with van der Waals surface area (Å²) in [6.07, 6.45) is 4.56. The summed E-state index contributed by atoms with van der Waals surface area (Å²) in [7, 11) is 1.79. The van der Waals surface area contributed by atoms with E-state index in [-0.39, 0.29) is 11.7 Å². The van der Waals surface area contributed by atoms with Gasteiger partial charge in [0, 0.05) is 26.3 Å². The van der Waals surface area contributed by atoms with Gasteiger partial charge in [-0.15, -0.1) is 0 Å². The van der Waals surface area contributed by atoms with E-state index in [1.165, 1.54) is 0 Å². The van der Waals surface area contributed by atoms with E-state index in [4.69, 9.17) is 4.74 Å². The highest BCUT2D eigenvalue weighted by Crippen LogP contribution is 2.19. The number of fused-ring (bicyclic) bond motifs is 1. The Kier molecular flexibility index (Phi) is 4.19. The standard InChI is InChI=1S/C19H20N4O2/c1-22-18(21-17-7-3-2-6-16(17)19(22)24)13-23-10-8-15(12-23)25-14-5-4-9-20-11-14/h2-7,9,11,15H,8,10,12-13H2,1H3. The van der Waals surface area contributed by atoms with Gasteiger partial charge in [0.1, 0.15) is 17.7 Å². The van der Waals surface area contributed by atoms with E-state index >= 15 is 0 Å². The van der Waals surface area contributed by atoms with Gasteiger partial charge in [-0.25, -0.2) is 4.98 Å². The number of para-hydroxylation sites is 1. The molecule has 3 aromatic rings. The first-order chi connectivity index (χ1) is 12.2. The summed E-state index contributed by atoms with van der Waals surface area (Å²) in [5.74, 6) is 1.58. The average Bonchev–Trinajstić information content (AvgIpc) is 3.07. The first kappa shape index (κ1) is 15.8. The Balaban J connectivity index is 1.49. The molecule has 1 aliphatic heterocycles. The van der Waals surface area contributed by atoms with E-state index in [2.05, 4.69) is 14.9 Å². The largest absolute Gasteiger partial charge is 0.487 e. The molecule has 1 unspecified atom stereocenters. The molecule has 1 aromatic carbocycles. The molecule has 25 heavy (non-hydrogen) atoms. The maximum absolute atomic E-state index is 12.5. The fourth-order valence-corrected chi connectivity index (χ4v) is 3.25. The quantitative estimate of drug-likeness (QED) is 0.729. The molecule has 6 nitrogen and oxygen atoms in total. The molecule has 0 bridgehead atoms. The van der Waals surface area contributed by atoms with Gasteiger partial charge in [0.25, 0.3) is 5.56 Å². The van der Waals surface area contributed by atoms with E-state index in [0.717, 1.165) is 36.6 Å². The molecular formula is C19H20N4O2. The molecule has 1 aliphatic rings. The molecule has 1 atom stereocenters. The molecular weight excluding hydrogens is 316 g/mol. The van der Waals surface area contributed by atoms with Gasteiger partial charge in [0.15, 0.2) is 0 Å². The van der Waals surface area contributed by atoms with Crippen LogP contribution >= 0.6 is 0 Å². The minimum Gasteiger partial charge on any atom is -0.487 e. The third kappa shape index (κ3) is 3.25. The van der Waals surface area contributed by atoms with Crippen molar-refractivity contribution in [2.24, 2.45) is 7.05 Å². The summed E-state index contributed by atoms with van der Waals surface area (Å²) >= 11 is 0. The van der Waals surface area contributed by atoms with Crippen LogP contribution in [0.1, 0.15) is 12.2 Å². The predicted octanol–water partition coefficient (Wildman–Crippen LogP) is 1.98. The van der Waals surface area contributed by atoms with Crippen molar-refractivity contribution in [1.29, 1.82) is 0 Å². The first-order valence-electron chi connectivity index (χ1n) is 8.44. The van der Waals surface area contributed by atoms with Gasteiger partial charge >= 0.3 is 0 Å². The van der Waals surface area contributed by atoms with Gasteiger partial charge in [0.2, 0.25) is 0 Å². The average molecular weight is 336 g/mol. The van der Waals surface area contributed by atoms with Crippen LogP contribution in [-0.4, -0.2) is 38.6 Å². The number of benzene rings is 1. The number of hydrogen-bond donors (Lipinski definition) is 0. The van der Waals surface area contributed by atoms with E-state index < -0.39 is 0 Å². The molecule has 1 fully saturated rings. The lowest BCUT2D eigenvalue weighted by Gasteiger charge is -2.18. The van der Waals surface area contributed by atoms with Crippen LogP contribution in [0.2, 0.25) is 0 Å². The summed E-state index contributed by atoms with van der Waals surface area (Å²) in [6.45, 7) is 2.38. The molecule has 0 spiro atoms. The highest BCUT2D eigenvalue weighted by atomic mass is 16.5. The van der Waals surface area contributed by atoms with Crippen molar-refractivity contribution >= 4 is 10.9 Å². The summed E-state index contributed by atoms with van der Waals surface area (Å²) in [6, 6.07) is 11.3. The molecule has 4 rings (SSSR count). The van der Waals surface area contributed by atoms with Crippen LogP contribution in [0.3, 0.4) is 0 Å². The fraction of sp³-hybridized carbons (Fsp3) is 0.316. The van der Waals surface area contributed by atoms with Gasteiger partial charge in [-0.2, -0.15) is 0 Å². The summed E-state index contributed by atoms with van der Waals surface area (Å²) in [5.41, 5.74) is 0.755. The predicted molar refractivity (Wildman–Crippen MR) is 95.5 cm³/mol. The van der Waals surface area contributed by atoms with Gasteiger partial charge in [-0.05, 0) is 30.7 Å². The van der Waals surface area contributed by atoms with Gasteiger partial charge in [-0.1, -0.05) is 12.1 Å². The molecule has 0 aliphatic carbocycles. The molecule has 3 heterocycles. The second kappa shape index (κ2) is 6.64. The number of pyridine rings is 1. The van der Waals surface area contributed by atoms with Gasteiger partial charge in [0.05, 0.1) is 23.6 Å². The molecule has 0 saturated carbocycles. The lowest BCUT2D eigenvalue weighted by molar-refractivity contribution is 0.196. The van der Waals surface area contributed by atoms with Crippen LogP contribution in [0.5, 0.6) is 5.75 Å². The van der Waals surface area contributed by atoms with E-state index in [1.54, 1.807) is 24.0 Å². The van der Waals surface area contributed by atoms with E-state index in [9.17, 15) is 4.79 Å². The van der Waals surface area contributed by atoms with Crippen molar-refractivity contribution in [2.75, 3.05) is 13.1 Å². The number of rotatable bonds is 4. The number of nitrogens with zero attached hydrogens (tertiary/aromatic N) is 4. The molecule has 0 radical (unpaired) electrons. The zero-order valence-electron chi connectivity index (χ0n) is 14.1. The number of likely N-dealkylation sites (tertiary alicyclic amines) is 1. The summed E-state index contributed by atoms with van der Waals surface area (Å²) < 4.78 is 7.62. The molecule has 0 amide bonds. The molecule has 6 heteroatoms. The van der Waals surface area contributed by atoms with Gasteiger partial charge < -0.3 is 4.74 Å². The lowest BCUT2D eigenvalue weighted by atomic mass is 10.2. The van der Waals surface area contributed by atoms with Crippen LogP contribution in [0.25, 0.3) is 10.9 Å². The van der Waals surface area contributed by atoms with Crippen molar-refractivity contribution in [2.45, 2.75) is 19.1 Å². The highest BCUT2D eigenvalue weighted by Gasteiger charge is 2.25. The highest BCUT2D eigenvalue weighted by molar-refractivity contribution is 5.77. The Labute approximate surface area is 145 Å². The van der Waals surface area contributed by atoms with Crippen molar-refractivity contribution in [3.8, 4) is 5.75 Å². The van der Waals surface area contributed by atoms with Crippen LogP contribution < -0.4 is 10.3 Å². The Morgan fingerprint density at radius 2 is 2.12 bits per heavy atom. The molecule has 128 valence electrons. The monoisotopic (exact) mass is 336 g/mol. The maximum atomic E-state index is 12.5. The van der Waals surface area contributed by atoms with E-state index in [0.29, 0.717) is 11.9 Å². The van der Waals surface area contributed by atoms with Crippen LogP contribution in [0.15, 0.2) is 53.6 Å². The third-order valence-electron chi connectivity index (χ3n) is 4.61. The van der Waals surface area contributed by atoms with Crippen molar-refractivity contribution < 1.29 is 4.74 Å². The normalized spacial score (nSPS) is 17.9. The topological polar surface area (TPSA) is 60.2 Å². The fourth-order valence-electron chi connectivity index (χ4n) is 3.25. The van der Waals surface area contributed by atoms with E-state index in [1.807, 2.05) is 36.4 Å². The first-order valence-corrected chi connectivity index (χ1v) is 8.44. The molecule has 2 aromatic heterocycles. The number of aromatic nitrogens is 3. The van der Waals surface area contributed by atoms with Crippen LogP contribution in [0.4, 0.5) is 0 Å². The lowest BCUT2D eigenvalue weighted by Crippen LogP contribution is -2.29. The Morgan fingerprint density at radius 3 is 2.96 bits per heavy atom. The van der Waals surface area contributed by atoms with Gasteiger partial charge in [-0.3, -0.25) is 19.2 Å². The number of hydrogen-bond acceptors (Lipinski definition) is 5. The molecule has 1 saturated heterocycles. The summed E-state index contributed by atoms with van der Waals surface area (Å²) in [4.78, 5) is 23.5. The van der Waals surface area contributed by atoms with Crippen molar-refractivity contribution in [3.63, 3.8) is 0 Å². The zero-order chi connectivity index (χ0) is 17.2. The Hall–Kier alpha value is -2.73. The van der Waals surface area contributed by atoms with Crippen molar-refractivity contribution in [1.82, 2.24) is 19.4 Å². The van der Waals surface area contributed by atoms with Crippen molar-refractivity contribution in [3.05, 3.63) is 65.0 Å². The smallest absolute Gasteiger partial charge is 0.261 e. The zero-order valence-corrected chi connectivity index (χ0v) is 14.1. The third-order valence-corrected chi connectivity index (χ3v) is 4.61. The molecule has 0 N–H and O–H groups in total. The van der Waals surface area contributed by atoms with Crippen LogP contribution in [-0.2, 0) is 13.6 Å². The Morgan fingerprint density at radius 1 is 1.24 bits per heavy atom. The minimum absolute atomic E-state index is 0.00274. The second-order valence-corrected chi connectivity index (χ2v) is 6.36.